The molecule has 0 aliphatic rings. The summed E-state index contributed by atoms with van der Waals surface area (Å²) in [6.07, 6.45) is 22.3. The number of aryl methyl sites for hydroxylation is 10. The van der Waals surface area contributed by atoms with E-state index in [1.807, 2.05) is 374 Å². The van der Waals surface area contributed by atoms with Gasteiger partial charge in [-0.2, -0.15) is 0 Å². The lowest BCUT2D eigenvalue weighted by Crippen LogP contribution is -1.86. The number of hydrogen-bond acceptors (Lipinski definition) is 11. The summed E-state index contributed by atoms with van der Waals surface area (Å²) in [5.74, 6) is 0.823. The Kier molecular flexibility index (Phi) is 61.8. The number of para-hydroxylation sites is 3. The van der Waals surface area contributed by atoms with Crippen LogP contribution in [-0.4, -0.2) is 54.8 Å². The van der Waals surface area contributed by atoms with E-state index in [0.717, 1.165) is 55.9 Å². The Hall–Kier alpha value is -13.8. The van der Waals surface area contributed by atoms with Gasteiger partial charge >= 0.3 is 0 Å². The standard InChI is InChI=1S/9C10H9N.C9H8N2.10C2H6/c1-8-2-3-10-7-11-5-4-9(10)6-8;1-8-2-3-9-4-5-11-7-10(9)6-8;1-8-4-5-10-9(7-8)3-2-6-11-10;1-8-4-5-9-3-2-6-11-10(9)7-8;1-8-6-11-7-9-4-2-3-5-10(8)9;1-8-6-9-4-2-3-5-10(9)7-11-8;1-8-6-9-4-2-3-5-10(9)11-7-8;1-8-10-5-3-2-4-9(10)6-7-11-8;1-8-6-7-9-4-2-3-5-10(9)11-8;1-7-10-6-8-4-2-3-5-9(8)11-7;10*1-2/h9*2-7H,1H3;2-6H,1H3;10*1-2H3. The number of hydrogen-bond donors (Lipinski definition) is 0. The maximum atomic E-state index is 4.38. The summed E-state index contributed by atoms with van der Waals surface area (Å²) < 4.78 is 0. The number of rotatable bonds is 0. The third-order valence-electron chi connectivity index (χ3n) is 17.7. The average Bonchev–Trinajstić information content (AvgIpc) is 0.823. The van der Waals surface area contributed by atoms with E-state index in [1.54, 1.807) is 0 Å². The van der Waals surface area contributed by atoms with Crippen molar-refractivity contribution >= 4 is 108 Å². The van der Waals surface area contributed by atoms with Gasteiger partial charge in [0.25, 0.3) is 0 Å². The van der Waals surface area contributed by atoms with Gasteiger partial charge in [-0.25, -0.2) is 9.97 Å². The van der Waals surface area contributed by atoms with Crippen LogP contribution >= 0.6 is 0 Å². The van der Waals surface area contributed by atoms with Crippen LogP contribution in [0.5, 0.6) is 0 Å². The molecule has 680 valence electrons. The predicted octanol–water partition coefficient (Wildman–Crippen LogP) is 35.1. The fourth-order valence-electron chi connectivity index (χ4n) is 11.9. The SMILES string of the molecule is CC.CC.CC.CC.CC.CC.CC.CC.CC.CC.Cc1cc2ccccc2cn1.Cc1ccc2ccccc2n1.Cc1ccc2cccnc2c1.Cc1ccc2ccncc2c1.Cc1ccc2cnccc2c1.Cc1ccc2ncccc2c1.Cc1cnc2ccccc2c1.Cc1cncc2ccccc12.Cc1ncc2ccccc2n1.Cc1nccc2ccccc12. The molecule has 0 saturated carbocycles. The third kappa shape index (κ3) is 41.3. The van der Waals surface area contributed by atoms with Crippen molar-refractivity contribution in [1.29, 1.82) is 0 Å². The molecule has 11 nitrogen and oxygen atoms in total. The first-order chi connectivity index (χ1) is 63.6. The number of pyridine rings is 9. The second kappa shape index (κ2) is 70.3. The van der Waals surface area contributed by atoms with Gasteiger partial charge in [0.2, 0.25) is 0 Å². The van der Waals surface area contributed by atoms with Gasteiger partial charge in [0.1, 0.15) is 5.82 Å². The molecule has 20 rings (SSSR count). The van der Waals surface area contributed by atoms with E-state index in [-0.39, 0.29) is 0 Å². The lowest BCUT2D eigenvalue weighted by atomic mass is 10.1. The highest BCUT2D eigenvalue weighted by atomic mass is 14.9. The van der Waals surface area contributed by atoms with Crippen LogP contribution in [0.3, 0.4) is 0 Å². The molecule has 0 unspecified atom stereocenters. The largest absolute Gasteiger partial charge is 0.264 e. The van der Waals surface area contributed by atoms with Crippen LogP contribution in [0.1, 0.15) is 195 Å². The van der Waals surface area contributed by atoms with Crippen molar-refractivity contribution in [2.45, 2.75) is 208 Å². The van der Waals surface area contributed by atoms with E-state index >= 15 is 0 Å². The van der Waals surface area contributed by atoms with Crippen molar-refractivity contribution in [3.63, 3.8) is 0 Å². The fraction of sp³-hybridized carbons (Fsp3) is 0.252. The van der Waals surface area contributed by atoms with E-state index in [0.29, 0.717) is 0 Å². The van der Waals surface area contributed by atoms with Crippen molar-refractivity contribution in [3.05, 3.63) is 416 Å². The molecule has 0 bridgehead atoms. The monoisotopic (exact) mass is 1730 g/mol. The van der Waals surface area contributed by atoms with Crippen LogP contribution in [-0.2, 0) is 0 Å². The lowest BCUT2D eigenvalue weighted by molar-refractivity contribution is 1.09. The molecular formula is C119H149N11. The highest BCUT2D eigenvalue weighted by molar-refractivity contribution is 5.87. The summed E-state index contributed by atoms with van der Waals surface area (Å²) >= 11 is 0. The zero-order valence-corrected chi connectivity index (χ0v) is 84.0. The Morgan fingerprint density at radius 3 is 1.16 bits per heavy atom. The zero-order valence-electron chi connectivity index (χ0n) is 84.0. The van der Waals surface area contributed by atoms with Gasteiger partial charge in [-0.1, -0.05) is 349 Å². The molecule has 130 heavy (non-hydrogen) atoms. The Bertz CT molecular complexity index is 5330. The molecule has 20 aromatic rings. The van der Waals surface area contributed by atoms with Gasteiger partial charge < -0.3 is 0 Å². The minimum Gasteiger partial charge on any atom is -0.264 e. The Morgan fingerprint density at radius 1 is 0.169 bits per heavy atom. The van der Waals surface area contributed by atoms with Gasteiger partial charge in [-0.3, -0.25) is 44.9 Å². The van der Waals surface area contributed by atoms with Crippen molar-refractivity contribution in [2.75, 3.05) is 0 Å². The molecule has 0 fully saturated rings. The fourth-order valence-corrected chi connectivity index (χ4v) is 11.9. The number of aromatic nitrogens is 11. The van der Waals surface area contributed by atoms with Crippen LogP contribution in [0.25, 0.3) is 108 Å². The molecule has 0 amide bonds. The summed E-state index contributed by atoms with van der Waals surface area (Å²) in [6, 6.07) is 96.8. The van der Waals surface area contributed by atoms with E-state index in [2.05, 4.69) is 248 Å². The van der Waals surface area contributed by atoms with Gasteiger partial charge in [-0.05, 0) is 204 Å². The number of nitrogens with zero attached hydrogens (tertiary/aromatic N) is 11. The molecule has 0 spiro atoms. The Labute approximate surface area is 781 Å². The van der Waals surface area contributed by atoms with E-state index < -0.39 is 0 Å². The minimum atomic E-state index is 0.823. The summed E-state index contributed by atoms with van der Waals surface area (Å²) in [5, 5.41) is 18.4. The minimum absolute atomic E-state index is 0.823. The topological polar surface area (TPSA) is 142 Å². The Balaban J connectivity index is 0.000000706. The third-order valence-corrected chi connectivity index (χ3v) is 17.7. The van der Waals surface area contributed by atoms with Crippen LogP contribution in [0.4, 0.5) is 0 Å². The maximum Gasteiger partial charge on any atom is 0.125 e. The van der Waals surface area contributed by atoms with E-state index in [9.17, 15) is 0 Å². The molecule has 10 heterocycles. The molecular weight excluding hydrogens is 1580 g/mol. The van der Waals surface area contributed by atoms with Crippen LogP contribution in [0.15, 0.2) is 359 Å². The lowest BCUT2D eigenvalue weighted by Gasteiger charge is -1.98. The summed E-state index contributed by atoms with van der Waals surface area (Å²) in [4.78, 5) is 46.1. The first-order valence-corrected chi connectivity index (χ1v) is 46.6. The average molecular weight is 1730 g/mol. The number of fused-ring (bicyclic) bond motifs is 10. The molecule has 0 atom stereocenters. The van der Waals surface area contributed by atoms with E-state index in [4.69, 9.17) is 0 Å². The Morgan fingerprint density at radius 2 is 0.554 bits per heavy atom. The van der Waals surface area contributed by atoms with Crippen LogP contribution in [0, 0.1) is 69.2 Å². The summed E-state index contributed by atoms with van der Waals surface area (Å²) in [5.41, 5.74) is 16.1. The normalized spacial score (nSPS) is 9.15. The first kappa shape index (κ1) is 114. The van der Waals surface area contributed by atoms with Crippen molar-refractivity contribution < 1.29 is 0 Å². The van der Waals surface area contributed by atoms with Gasteiger partial charge in [0.05, 0.1) is 27.6 Å². The quantitative estimate of drug-likeness (QED) is 0.143. The molecule has 10 aromatic heterocycles. The zero-order chi connectivity index (χ0) is 96.8. The molecule has 0 saturated heterocycles. The van der Waals surface area contributed by atoms with Gasteiger partial charge in [-0.15, -0.1) is 0 Å². The van der Waals surface area contributed by atoms with Crippen LogP contribution in [0.2, 0.25) is 0 Å². The molecule has 0 radical (unpaired) electrons. The second-order valence-corrected chi connectivity index (χ2v) is 26.6. The molecule has 0 aliphatic carbocycles. The molecule has 10 aromatic carbocycles. The van der Waals surface area contributed by atoms with Crippen molar-refractivity contribution in [3.8, 4) is 0 Å². The number of benzene rings is 10. The summed E-state index contributed by atoms with van der Waals surface area (Å²) in [6.45, 7) is 60.4. The van der Waals surface area contributed by atoms with Crippen molar-refractivity contribution in [2.24, 2.45) is 0 Å². The highest BCUT2D eigenvalue weighted by Gasteiger charge is 2.00. The van der Waals surface area contributed by atoms with Crippen LogP contribution < -0.4 is 0 Å². The van der Waals surface area contributed by atoms with Gasteiger partial charge in [0, 0.05) is 145 Å². The molecule has 0 aliphatic heterocycles. The molecule has 0 N–H and O–H groups in total. The highest BCUT2D eigenvalue weighted by Crippen LogP contribution is 2.21. The summed E-state index contributed by atoms with van der Waals surface area (Å²) in [7, 11) is 0. The molecule has 11 heteroatoms. The second-order valence-electron chi connectivity index (χ2n) is 26.6. The predicted molar refractivity (Wildman–Crippen MR) is 576 cm³/mol. The van der Waals surface area contributed by atoms with E-state index in [1.165, 1.54) is 109 Å². The first-order valence-electron chi connectivity index (χ1n) is 46.6. The van der Waals surface area contributed by atoms with Crippen molar-refractivity contribution in [1.82, 2.24) is 54.8 Å². The van der Waals surface area contributed by atoms with Gasteiger partial charge in [0.15, 0.2) is 0 Å². The maximum absolute atomic E-state index is 4.38. The smallest absolute Gasteiger partial charge is 0.125 e.